The van der Waals surface area contributed by atoms with Crippen molar-refractivity contribution in [1.29, 1.82) is 0 Å². The van der Waals surface area contributed by atoms with Crippen molar-refractivity contribution in [3.05, 3.63) is 18.2 Å². The van der Waals surface area contributed by atoms with Crippen LogP contribution in [0.4, 0.5) is 16.2 Å². The van der Waals surface area contributed by atoms with E-state index in [-0.39, 0.29) is 11.7 Å². The SMILES string of the molecule is CC(C)(C)OC(=O)N1CC2(CC2)Oc2ccc(N)cc21. The lowest BCUT2D eigenvalue weighted by molar-refractivity contribution is 0.0537. The zero-order valence-electron chi connectivity index (χ0n) is 12.1. The van der Waals surface area contributed by atoms with Crippen LogP contribution in [0.15, 0.2) is 18.2 Å². The van der Waals surface area contributed by atoms with Gasteiger partial charge < -0.3 is 15.2 Å². The molecule has 108 valence electrons. The molecule has 0 bridgehead atoms. The molecule has 0 radical (unpaired) electrons. The first-order valence-corrected chi connectivity index (χ1v) is 6.87. The van der Waals surface area contributed by atoms with E-state index in [2.05, 4.69) is 0 Å². The first-order valence-electron chi connectivity index (χ1n) is 6.87. The topological polar surface area (TPSA) is 64.8 Å². The molecule has 5 heteroatoms. The van der Waals surface area contributed by atoms with Gasteiger partial charge in [-0.3, -0.25) is 4.90 Å². The van der Waals surface area contributed by atoms with E-state index in [4.69, 9.17) is 15.2 Å². The normalized spacial score (nSPS) is 19.2. The second kappa shape index (κ2) is 4.04. The van der Waals surface area contributed by atoms with Crippen LogP contribution in [0.5, 0.6) is 5.75 Å². The van der Waals surface area contributed by atoms with Crippen LogP contribution in [-0.4, -0.2) is 23.8 Å². The van der Waals surface area contributed by atoms with Crippen LogP contribution in [0.25, 0.3) is 0 Å². The van der Waals surface area contributed by atoms with E-state index < -0.39 is 5.60 Å². The molecule has 2 N–H and O–H groups in total. The number of fused-ring (bicyclic) bond motifs is 1. The Kier molecular flexibility index (Phi) is 2.64. The van der Waals surface area contributed by atoms with Crippen molar-refractivity contribution in [3.63, 3.8) is 0 Å². The molecule has 1 aromatic carbocycles. The Morgan fingerprint density at radius 3 is 2.70 bits per heavy atom. The Bertz CT molecular complexity index is 559. The smallest absolute Gasteiger partial charge is 0.415 e. The number of benzene rings is 1. The quantitative estimate of drug-likeness (QED) is 0.740. The van der Waals surface area contributed by atoms with Crippen molar-refractivity contribution in [3.8, 4) is 5.75 Å². The average molecular weight is 276 g/mol. The van der Waals surface area contributed by atoms with Crippen molar-refractivity contribution >= 4 is 17.5 Å². The van der Waals surface area contributed by atoms with Gasteiger partial charge in [-0.05, 0) is 51.8 Å². The van der Waals surface area contributed by atoms with E-state index in [1.54, 1.807) is 17.0 Å². The van der Waals surface area contributed by atoms with Gasteiger partial charge in [0, 0.05) is 5.69 Å². The molecule has 1 heterocycles. The summed E-state index contributed by atoms with van der Waals surface area (Å²) >= 11 is 0. The Morgan fingerprint density at radius 2 is 2.10 bits per heavy atom. The van der Waals surface area contributed by atoms with Crippen molar-refractivity contribution in [2.45, 2.75) is 44.8 Å². The molecule has 1 amide bonds. The summed E-state index contributed by atoms with van der Waals surface area (Å²) in [4.78, 5) is 14.1. The van der Waals surface area contributed by atoms with E-state index in [1.165, 1.54) is 0 Å². The van der Waals surface area contributed by atoms with Gasteiger partial charge in [0.05, 0.1) is 12.2 Å². The first-order chi connectivity index (χ1) is 9.28. The molecule has 1 aromatic rings. The molecule has 5 nitrogen and oxygen atoms in total. The maximum absolute atomic E-state index is 12.4. The van der Waals surface area contributed by atoms with Gasteiger partial charge in [-0.2, -0.15) is 0 Å². The molecule has 1 spiro atoms. The van der Waals surface area contributed by atoms with Crippen LogP contribution < -0.4 is 15.4 Å². The molecule has 20 heavy (non-hydrogen) atoms. The molecule has 0 saturated heterocycles. The van der Waals surface area contributed by atoms with Crippen LogP contribution in [0.2, 0.25) is 0 Å². The molecule has 0 unspecified atom stereocenters. The molecule has 1 fully saturated rings. The van der Waals surface area contributed by atoms with Gasteiger partial charge in [-0.15, -0.1) is 0 Å². The highest BCUT2D eigenvalue weighted by molar-refractivity contribution is 5.91. The first kappa shape index (κ1) is 13.1. The maximum Gasteiger partial charge on any atom is 0.415 e. The summed E-state index contributed by atoms with van der Waals surface area (Å²) in [5.74, 6) is 0.703. The Balaban J connectivity index is 1.94. The molecule has 2 aliphatic rings. The van der Waals surface area contributed by atoms with Crippen molar-refractivity contribution < 1.29 is 14.3 Å². The van der Waals surface area contributed by atoms with Gasteiger partial charge in [0.1, 0.15) is 17.0 Å². The van der Waals surface area contributed by atoms with Gasteiger partial charge in [0.25, 0.3) is 0 Å². The highest BCUT2D eigenvalue weighted by Crippen LogP contribution is 2.49. The average Bonchev–Trinajstić information content (AvgIpc) is 3.06. The number of ether oxygens (including phenoxy) is 2. The number of amides is 1. The standard InChI is InChI=1S/C15H20N2O3/c1-14(2,3)20-13(18)17-9-15(6-7-15)19-12-5-4-10(16)8-11(12)17/h4-5,8H,6-7,9,16H2,1-3H3. The van der Waals surface area contributed by atoms with Crippen LogP contribution in [0, 0.1) is 0 Å². The van der Waals surface area contributed by atoms with Crippen LogP contribution in [0.1, 0.15) is 33.6 Å². The lowest BCUT2D eigenvalue weighted by Gasteiger charge is -2.36. The summed E-state index contributed by atoms with van der Waals surface area (Å²) in [7, 11) is 0. The summed E-state index contributed by atoms with van der Waals surface area (Å²) in [5.41, 5.74) is 6.37. The summed E-state index contributed by atoms with van der Waals surface area (Å²) in [6.07, 6.45) is 1.59. The van der Waals surface area contributed by atoms with Gasteiger partial charge in [-0.25, -0.2) is 4.79 Å². The second-order valence-electron chi connectivity index (χ2n) is 6.58. The summed E-state index contributed by atoms with van der Waals surface area (Å²) in [6.45, 7) is 6.11. The van der Waals surface area contributed by atoms with Crippen LogP contribution >= 0.6 is 0 Å². The monoisotopic (exact) mass is 276 g/mol. The Hall–Kier alpha value is -1.91. The highest BCUT2D eigenvalue weighted by Gasteiger charge is 2.51. The number of anilines is 2. The fourth-order valence-electron chi connectivity index (χ4n) is 2.35. The predicted molar refractivity (Wildman–Crippen MR) is 77.0 cm³/mol. The molecule has 1 saturated carbocycles. The number of carbonyl (C=O) groups excluding carboxylic acids is 1. The fraction of sp³-hybridized carbons (Fsp3) is 0.533. The second-order valence-corrected chi connectivity index (χ2v) is 6.58. The zero-order chi connectivity index (χ0) is 14.5. The molecular formula is C15H20N2O3. The zero-order valence-corrected chi connectivity index (χ0v) is 12.1. The van der Waals surface area contributed by atoms with E-state index in [0.717, 1.165) is 12.8 Å². The third-order valence-corrected chi connectivity index (χ3v) is 3.47. The summed E-state index contributed by atoms with van der Waals surface area (Å²) in [6, 6.07) is 5.36. The highest BCUT2D eigenvalue weighted by atomic mass is 16.6. The van der Waals surface area contributed by atoms with Gasteiger partial charge in [-0.1, -0.05) is 0 Å². The summed E-state index contributed by atoms with van der Waals surface area (Å²) < 4.78 is 11.5. The number of nitrogen functional groups attached to an aromatic ring is 1. The number of hydrogen-bond donors (Lipinski definition) is 1. The lowest BCUT2D eigenvalue weighted by atomic mass is 10.1. The molecule has 1 aliphatic heterocycles. The lowest BCUT2D eigenvalue weighted by Crippen LogP contribution is -2.47. The molecule has 3 rings (SSSR count). The number of carbonyl (C=O) groups is 1. The molecule has 0 aromatic heterocycles. The Labute approximate surface area is 118 Å². The van der Waals surface area contributed by atoms with Crippen molar-refractivity contribution in [2.75, 3.05) is 17.2 Å². The van der Waals surface area contributed by atoms with Gasteiger partial charge in [0.2, 0.25) is 0 Å². The third kappa shape index (κ3) is 2.40. The number of hydrogen-bond acceptors (Lipinski definition) is 4. The summed E-state index contributed by atoms with van der Waals surface area (Å²) in [5, 5.41) is 0. The maximum atomic E-state index is 12.4. The van der Waals surface area contributed by atoms with Crippen LogP contribution in [0.3, 0.4) is 0 Å². The molecular weight excluding hydrogens is 256 g/mol. The number of nitrogens with zero attached hydrogens (tertiary/aromatic N) is 1. The van der Waals surface area contributed by atoms with Crippen molar-refractivity contribution in [2.24, 2.45) is 0 Å². The third-order valence-electron chi connectivity index (χ3n) is 3.47. The molecule has 0 atom stereocenters. The largest absolute Gasteiger partial charge is 0.483 e. The van der Waals surface area contributed by atoms with E-state index in [9.17, 15) is 4.79 Å². The minimum Gasteiger partial charge on any atom is -0.483 e. The van der Waals surface area contributed by atoms with E-state index in [1.807, 2.05) is 26.8 Å². The molecule has 1 aliphatic carbocycles. The van der Waals surface area contributed by atoms with Gasteiger partial charge in [0.15, 0.2) is 0 Å². The van der Waals surface area contributed by atoms with Crippen LogP contribution in [-0.2, 0) is 4.74 Å². The minimum atomic E-state index is -0.521. The Morgan fingerprint density at radius 1 is 1.40 bits per heavy atom. The van der Waals surface area contributed by atoms with E-state index >= 15 is 0 Å². The van der Waals surface area contributed by atoms with Crippen molar-refractivity contribution in [1.82, 2.24) is 0 Å². The number of rotatable bonds is 0. The predicted octanol–water partition coefficient (Wildman–Crippen LogP) is 2.94. The van der Waals surface area contributed by atoms with Gasteiger partial charge >= 0.3 is 6.09 Å². The fourth-order valence-corrected chi connectivity index (χ4v) is 2.35. The van der Waals surface area contributed by atoms with E-state index in [0.29, 0.717) is 23.7 Å². The minimum absolute atomic E-state index is 0.222. The number of nitrogens with two attached hydrogens (primary N) is 1.